The molecule has 1 aromatic carbocycles. The smallest absolute Gasteiger partial charge is 0.338 e. The summed E-state index contributed by atoms with van der Waals surface area (Å²) in [5, 5.41) is 0.342. The van der Waals surface area contributed by atoms with E-state index in [1.54, 1.807) is 0 Å². The van der Waals surface area contributed by atoms with Crippen molar-refractivity contribution in [2.45, 2.75) is 76.5 Å². The van der Waals surface area contributed by atoms with Crippen LogP contribution in [0.15, 0.2) is 24.3 Å². The van der Waals surface area contributed by atoms with Crippen molar-refractivity contribution in [1.82, 2.24) is 4.90 Å². The van der Waals surface area contributed by atoms with E-state index in [1.807, 2.05) is 43.0 Å². The van der Waals surface area contributed by atoms with Gasteiger partial charge in [0.1, 0.15) is 0 Å². The normalized spacial score (nSPS) is 28.0. The lowest BCUT2D eigenvalue weighted by molar-refractivity contribution is -0.128. The van der Waals surface area contributed by atoms with E-state index in [2.05, 4.69) is 4.90 Å². The number of carbonyl (C=O) groups excluding carboxylic acids is 2. The second-order valence-electron chi connectivity index (χ2n) is 9.50. The van der Waals surface area contributed by atoms with Crippen molar-refractivity contribution in [3.63, 3.8) is 0 Å². The Hall–Kier alpha value is -1.49. The molecule has 0 radical (unpaired) electrons. The van der Waals surface area contributed by atoms with Crippen molar-refractivity contribution in [3.8, 4) is 0 Å². The maximum Gasteiger partial charge on any atom is 0.338 e. The molecule has 0 aromatic heterocycles. The second kappa shape index (κ2) is 10.9. The summed E-state index contributed by atoms with van der Waals surface area (Å²) < 4.78 is 5.05. The molecule has 0 N–H and O–H groups in total. The zero-order chi connectivity index (χ0) is 21.6. The number of ether oxygens (including phenoxy) is 1. The molecule has 1 atom stereocenters. The Bertz CT molecular complexity index is 728. The zero-order valence-electron chi connectivity index (χ0n) is 18.9. The summed E-state index contributed by atoms with van der Waals surface area (Å²) in [6, 6.07) is 7.76. The maximum absolute atomic E-state index is 12.6. The van der Waals surface area contributed by atoms with Crippen LogP contribution in [0, 0.1) is 17.8 Å². The molecule has 1 saturated heterocycles. The van der Waals surface area contributed by atoms with E-state index in [-0.39, 0.29) is 5.97 Å². The largest absolute Gasteiger partial charge is 0.462 e. The molecule has 4 rings (SSSR count). The van der Waals surface area contributed by atoms with Crippen LogP contribution >= 0.6 is 11.8 Å². The fraction of sp³-hybridized carbons (Fsp3) is 0.692. The molecule has 5 heteroatoms. The van der Waals surface area contributed by atoms with Crippen molar-refractivity contribution >= 4 is 23.6 Å². The molecular formula is C26H37NO3S. The van der Waals surface area contributed by atoms with E-state index in [9.17, 15) is 9.59 Å². The van der Waals surface area contributed by atoms with Gasteiger partial charge in [0.2, 0.25) is 5.91 Å². The lowest BCUT2D eigenvalue weighted by Crippen LogP contribution is -2.38. The lowest BCUT2D eigenvalue weighted by Gasteiger charge is -2.43. The minimum atomic E-state index is -0.257. The van der Waals surface area contributed by atoms with E-state index >= 15 is 0 Å². The molecule has 3 aliphatic rings. The van der Waals surface area contributed by atoms with Crippen LogP contribution in [-0.2, 0) is 16.0 Å². The molecule has 4 nitrogen and oxygen atoms in total. The first-order valence-electron chi connectivity index (χ1n) is 12.3. The van der Waals surface area contributed by atoms with Crippen LogP contribution in [0.4, 0.5) is 0 Å². The van der Waals surface area contributed by atoms with Crippen LogP contribution in [0.3, 0.4) is 0 Å². The van der Waals surface area contributed by atoms with Gasteiger partial charge in [0.15, 0.2) is 0 Å². The van der Waals surface area contributed by atoms with Crippen LogP contribution < -0.4 is 0 Å². The Kier molecular flexibility index (Phi) is 7.97. The first-order valence-corrected chi connectivity index (χ1v) is 13.4. The summed E-state index contributed by atoms with van der Waals surface area (Å²) in [5.41, 5.74) is 1.85. The zero-order valence-corrected chi connectivity index (χ0v) is 19.7. The SMILES string of the molecule is CCOC(=O)c1ccc(CCCC2SCC(=O)N2CCC2C3CCCC2CCC3)cc1. The second-order valence-corrected chi connectivity index (χ2v) is 10.7. The Morgan fingerprint density at radius 3 is 2.39 bits per heavy atom. The van der Waals surface area contributed by atoms with Gasteiger partial charge < -0.3 is 9.64 Å². The molecule has 1 heterocycles. The van der Waals surface area contributed by atoms with E-state index < -0.39 is 0 Å². The van der Waals surface area contributed by atoms with Gasteiger partial charge in [-0.05, 0) is 68.1 Å². The number of fused-ring (bicyclic) bond motifs is 2. The minimum absolute atomic E-state index is 0.257. The first-order chi connectivity index (χ1) is 15.2. The fourth-order valence-electron chi connectivity index (χ4n) is 6.09. The van der Waals surface area contributed by atoms with Gasteiger partial charge >= 0.3 is 5.97 Å². The summed E-state index contributed by atoms with van der Waals surface area (Å²) in [4.78, 5) is 26.5. The molecule has 2 saturated carbocycles. The van der Waals surface area contributed by atoms with Gasteiger partial charge in [-0.15, -0.1) is 11.8 Å². The van der Waals surface area contributed by atoms with Crippen LogP contribution in [0.25, 0.3) is 0 Å². The fourth-order valence-corrected chi connectivity index (χ4v) is 7.32. The minimum Gasteiger partial charge on any atom is -0.462 e. The van der Waals surface area contributed by atoms with Gasteiger partial charge in [0.25, 0.3) is 0 Å². The topological polar surface area (TPSA) is 46.6 Å². The Morgan fingerprint density at radius 1 is 1.06 bits per heavy atom. The highest BCUT2D eigenvalue weighted by Gasteiger charge is 2.38. The summed E-state index contributed by atoms with van der Waals surface area (Å²) in [7, 11) is 0. The molecule has 2 aliphatic carbocycles. The quantitative estimate of drug-likeness (QED) is 0.460. The van der Waals surface area contributed by atoms with Crippen molar-refractivity contribution in [2.24, 2.45) is 17.8 Å². The number of hydrogen-bond acceptors (Lipinski definition) is 4. The molecule has 170 valence electrons. The van der Waals surface area contributed by atoms with E-state index in [1.165, 1.54) is 50.5 Å². The Morgan fingerprint density at radius 2 is 1.74 bits per heavy atom. The van der Waals surface area contributed by atoms with Gasteiger partial charge in [-0.2, -0.15) is 0 Å². The van der Waals surface area contributed by atoms with E-state index in [0.717, 1.165) is 43.6 Å². The van der Waals surface area contributed by atoms with Crippen LogP contribution in [0.5, 0.6) is 0 Å². The highest BCUT2D eigenvalue weighted by Crippen LogP contribution is 2.46. The number of aryl methyl sites for hydroxylation is 1. The third kappa shape index (κ3) is 5.66. The lowest BCUT2D eigenvalue weighted by atomic mass is 9.63. The first kappa shape index (κ1) is 22.7. The van der Waals surface area contributed by atoms with Gasteiger partial charge in [0, 0.05) is 6.54 Å². The van der Waals surface area contributed by atoms with E-state index in [4.69, 9.17) is 4.74 Å². The van der Waals surface area contributed by atoms with Crippen LogP contribution in [-0.4, -0.2) is 41.1 Å². The van der Waals surface area contributed by atoms with Gasteiger partial charge in [-0.1, -0.05) is 50.7 Å². The summed E-state index contributed by atoms with van der Waals surface area (Å²) in [6.07, 6.45) is 12.8. The average Bonchev–Trinajstić information content (AvgIpc) is 3.12. The summed E-state index contributed by atoms with van der Waals surface area (Å²) >= 11 is 1.83. The monoisotopic (exact) mass is 443 g/mol. The Balaban J connectivity index is 1.24. The number of carbonyl (C=O) groups is 2. The van der Waals surface area contributed by atoms with Crippen molar-refractivity contribution in [2.75, 3.05) is 18.9 Å². The highest BCUT2D eigenvalue weighted by molar-refractivity contribution is 8.00. The number of rotatable bonds is 9. The molecule has 31 heavy (non-hydrogen) atoms. The highest BCUT2D eigenvalue weighted by atomic mass is 32.2. The third-order valence-electron chi connectivity index (χ3n) is 7.66. The van der Waals surface area contributed by atoms with Crippen molar-refractivity contribution in [1.29, 1.82) is 0 Å². The number of benzene rings is 1. The van der Waals surface area contributed by atoms with Gasteiger partial charge in [-0.3, -0.25) is 4.79 Å². The third-order valence-corrected chi connectivity index (χ3v) is 8.95. The molecule has 1 amide bonds. The molecule has 1 aromatic rings. The summed E-state index contributed by atoms with van der Waals surface area (Å²) in [6.45, 7) is 3.18. The number of esters is 1. The molecule has 2 bridgehead atoms. The predicted molar refractivity (Wildman–Crippen MR) is 126 cm³/mol. The van der Waals surface area contributed by atoms with Crippen LogP contribution in [0.1, 0.15) is 80.6 Å². The molecule has 1 aliphatic heterocycles. The predicted octanol–water partition coefficient (Wildman–Crippen LogP) is 5.69. The standard InChI is InChI=1S/C26H37NO3S/c1-2-30-26(29)22-14-12-19(13-15-22)6-3-11-25-27(24(28)18-31-25)17-16-23-20-7-4-8-21(23)10-5-9-20/h12-15,20-21,23,25H,2-11,16-18H2,1H3. The van der Waals surface area contributed by atoms with Crippen molar-refractivity contribution < 1.29 is 14.3 Å². The molecule has 0 spiro atoms. The maximum atomic E-state index is 12.6. The number of nitrogens with zero attached hydrogens (tertiary/aromatic N) is 1. The molecule has 1 unspecified atom stereocenters. The Labute approximate surface area is 191 Å². The summed E-state index contributed by atoms with van der Waals surface area (Å²) in [5.74, 6) is 3.45. The number of amides is 1. The van der Waals surface area contributed by atoms with Gasteiger partial charge in [0.05, 0.1) is 23.3 Å². The molecular weight excluding hydrogens is 406 g/mol. The van der Waals surface area contributed by atoms with E-state index in [0.29, 0.717) is 29.2 Å². The average molecular weight is 444 g/mol. The van der Waals surface area contributed by atoms with Crippen LogP contribution in [0.2, 0.25) is 0 Å². The number of hydrogen-bond donors (Lipinski definition) is 0. The molecule has 3 fully saturated rings. The van der Waals surface area contributed by atoms with Gasteiger partial charge in [-0.25, -0.2) is 4.79 Å². The number of thioether (sulfide) groups is 1. The van der Waals surface area contributed by atoms with Crippen molar-refractivity contribution in [3.05, 3.63) is 35.4 Å².